The van der Waals surface area contributed by atoms with Crippen LogP contribution in [0.3, 0.4) is 0 Å². The van der Waals surface area contributed by atoms with Crippen LogP contribution >= 0.6 is 15.9 Å². The van der Waals surface area contributed by atoms with Gasteiger partial charge in [-0.2, -0.15) is 0 Å². The molecule has 0 saturated carbocycles. The highest BCUT2D eigenvalue weighted by Gasteiger charge is 2.07. The van der Waals surface area contributed by atoms with Crippen molar-refractivity contribution in [3.63, 3.8) is 0 Å². The molecule has 1 amide bonds. The van der Waals surface area contributed by atoms with Crippen molar-refractivity contribution in [1.82, 2.24) is 5.32 Å². The number of methoxy groups -OCH3 is 2. The zero-order chi connectivity index (χ0) is 17.5. The SMILES string of the molecule is COc1cc(/C=C/C(=O)N[C@@H](C)c2ccc(Br)cc2)cc(OC)c1. The molecule has 126 valence electrons. The summed E-state index contributed by atoms with van der Waals surface area (Å²) < 4.78 is 11.4. The number of carbonyl (C=O) groups excluding carboxylic acids is 1. The largest absolute Gasteiger partial charge is 0.497 e. The molecular formula is C19H20BrNO3. The van der Waals surface area contributed by atoms with E-state index in [2.05, 4.69) is 21.2 Å². The Bertz CT molecular complexity index is 704. The summed E-state index contributed by atoms with van der Waals surface area (Å²) in [5.41, 5.74) is 1.88. The molecule has 5 heteroatoms. The lowest BCUT2D eigenvalue weighted by atomic mass is 10.1. The molecule has 1 N–H and O–H groups in total. The quantitative estimate of drug-likeness (QED) is 0.746. The van der Waals surface area contributed by atoms with Crippen molar-refractivity contribution in [3.8, 4) is 11.5 Å². The summed E-state index contributed by atoms with van der Waals surface area (Å²) in [6, 6.07) is 13.3. The minimum Gasteiger partial charge on any atom is -0.497 e. The summed E-state index contributed by atoms with van der Waals surface area (Å²) in [5.74, 6) is 1.20. The van der Waals surface area contributed by atoms with Gasteiger partial charge in [0, 0.05) is 16.6 Å². The van der Waals surface area contributed by atoms with Crippen LogP contribution in [0.5, 0.6) is 11.5 Å². The van der Waals surface area contributed by atoms with Crippen LogP contribution in [0.2, 0.25) is 0 Å². The Morgan fingerprint density at radius 1 is 1.08 bits per heavy atom. The molecule has 2 aromatic rings. The Morgan fingerprint density at radius 2 is 1.67 bits per heavy atom. The fourth-order valence-corrected chi connectivity index (χ4v) is 2.46. The zero-order valence-corrected chi connectivity index (χ0v) is 15.5. The van der Waals surface area contributed by atoms with Gasteiger partial charge >= 0.3 is 0 Å². The molecule has 2 rings (SSSR count). The molecule has 0 spiro atoms. The number of carbonyl (C=O) groups is 1. The van der Waals surface area contributed by atoms with E-state index in [1.54, 1.807) is 26.4 Å². The van der Waals surface area contributed by atoms with Gasteiger partial charge in [-0.3, -0.25) is 4.79 Å². The van der Waals surface area contributed by atoms with Crippen molar-refractivity contribution in [2.24, 2.45) is 0 Å². The Labute approximate surface area is 150 Å². The molecule has 0 aliphatic heterocycles. The van der Waals surface area contributed by atoms with Crippen LogP contribution in [0.15, 0.2) is 53.0 Å². The highest BCUT2D eigenvalue weighted by molar-refractivity contribution is 9.10. The van der Waals surface area contributed by atoms with Crippen LogP contribution < -0.4 is 14.8 Å². The van der Waals surface area contributed by atoms with E-state index in [0.717, 1.165) is 15.6 Å². The van der Waals surface area contributed by atoms with E-state index in [1.807, 2.05) is 43.3 Å². The monoisotopic (exact) mass is 389 g/mol. The number of halogens is 1. The normalized spacial score (nSPS) is 12.0. The molecule has 24 heavy (non-hydrogen) atoms. The molecule has 0 fully saturated rings. The molecule has 0 aliphatic rings. The van der Waals surface area contributed by atoms with Crippen molar-refractivity contribution in [2.75, 3.05) is 14.2 Å². The van der Waals surface area contributed by atoms with Crippen LogP contribution in [0.4, 0.5) is 0 Å². The number of rotatable bonds is 6. The third-order valence-corrected chi connectivity index (χ3v) is 4.06. The van der Waals surface area contributed by atoms with Crippen LogP contribution in [0.1, 0.15) is 24.1 Å². The van der Waals surface area contributed by atoms with Crippen molar-refractivity contribution >= 4 is 27.9 Å². The molecule has 0 aliphatic carbocycles. The molecule has 0 bridgehead atoms. The third kappa shape index (κ3) is 5.13. The van der Waals surface area contributed by atoms with Gasteiger partial charge in [0.25, 0.3) is 0 Å². The van der Waals surface area contributed by atoms with E-state index >= 15 is 0 Å². The maximum atomic E-state index is 12.1. The number of benzene rings is 2. The lowest BCUT2D eigenvalue weighted by molar-refractivity contribution is -0.117. The average molecular weight is 390 g/mol. The molecule has 0 saturated heterocycles. The van der Waals surface area contributed by atoms with Gasteiger partial charge in [0.05, 0.1) is 20.3 Å². The summed E-state index contributed by atoms with van der Waals surface area (Å²) in [6.45, 7) is 1.95. The van der Waals surface area contributed by atoms with Gasteiger partial charge < -0.3 is 14.8 Å². The maximum absolute atomic E-state index is 12.1. The molecule has 1 atom stereocenters. The Hall–Kier alpha value is -2.27. The van der Waals surface area contributed by atoms with Crippen molar-refractivity contribution in [1.29, 1.82) is 0 Å². The van der Waals surface area contributed by atoms with Gasteiger partial charge in [0.1, 0.15) is 11.5 Å². The van der Waals surface area contributed by atoms with Gasteiger partial charge in [-0.15, -0.1) is 0 Å². The topological polar surface area (TPSA) is 47.6 Å². The second-order valence-corrected chi connectivity index (χ2v) is 6.18. The summed E-state index contributed by atoms with van der Waals surface area (Å²) in [4.78, 5) is 12.1. The van der Waals surface area contributed by atoms with E-state index in [4.69, 9.17) is 9.47 Å². The number of ether oxygens (including phenoxy) is 2. The number of hydrogen-bond acceptors (Lipinski definition) is 3. The lowest BCUT2D eigenvalue weighted by Gasteiger charge is -2.13. The fraction of sp³-hybridized carbons (Fsp3) is 0.211. The summed E-state index contributed by atoms with van der Waals surface area (Å²) >= 11 is 3.40. The van der Waals surface area contributed by atoms with E-state index in [0.29, 0.717) is 11.5 Å². The number of amides is 1. The van der Waals surface area contributed by atoms with Crippen molar-refractivity contribution in [2.45, 2.75) is 13.0 Å². The van der Waals surface area contributed by atoms with E-state index in [-0.39, 0.29) is 11.9 Å². The van der Waals surface area contributed by atoms with E-state index in [1.165, 1.54) is 6.08 Å². The van der Waals surface area contributed by atoms with E-state index in [9.17, 15) is 4.79 Å². The smallest absolute Gasteiger partial charge is 0.244 e. The van der Waals surface area contributed by atoms with Gasteiger partial charge in [-0.1, -0.05) is 28.1 Å². The molecular weight excluding hydrogens is 370 g/mol. The highest BCUT2D eigenvalue weighted by Crippen LogP contribution is 2.23. The molecule has 0 unspecified atom stereocenters. The first-order valence-electron chi connectivity index (χ1n) is 7.49. The van der Waals surface area contributed by atoms with Crippen molar-refractivity contribution in [3.05, 3.63) is 64.1 Å². The molecule has 0 radical (unpaired) electrons. The van der Waals surface area contributed by atoms with Crippen molar-refractivity contribution < 1.29 is 14.3 Å². The Kier molecular flexibility index (Phi) is 6.44. The average Bonchev–Trinajstić information content (AvgIpc) is 2.60. The van der Waals surface area contributed by atoms with Gasteiger partial charge in [-0.25, -0.2) is 0 Å². The molecule has 4 nitrogen and oxygen atoms in total. The number of hydrogen-bond donors (Lipinski definition) is 1. The van der Waals surface area contributed by atoms with Gasteiger partial charge in [0.15, 0.2) is 0 Å². The standard InChI is InChI=1S/C19H20BrNO3/c1-13(15-5-7-16(20)8-6-15)21-19(22)9-4-14-10-17(23-2)12-18(11-14)24-3/h4-13H,1-3H3,(H,21,22)/b9-4+/t13-/m0/s1. The minimum atomic E-state index is -0.160. The first kappa shape index (κ1) is 18.1. The van der Waals surface area contributed by atoms with Gasteiger partial charge in [-0.05, 0) is 48.4 Å². The second-order valence-electron chi connectivity index (χ2n) is 5.26. The first-order valence-corrected chi connectivity index (χ1v) is 8.28. The second kappa shape index (κ2) is 8.55. The molecule has 0 heterocycles. The van der Waals surface area contributed by atoms with Crippen LogP contribution in [-0.4, -0.2) is 20.1 Å². The Balaban J connectivity index is 2.03. The summed E-state index contributed by atoms with van der Waals surface area (Å²) in [5, 5.41) is 2.94. The Morgan fingerprint density at radius 3 is 2.21 bits per heavy atom. The first-order chi connectivity index (χ1) is 11.5. The maximum Gasteiger partial charge on any atom is 0.244 e. The predicted octanol–water partition coefficient (Wildman–Crippen LogP) is 4.36. The predicted molar refractivity (Wildman–Crippen MR) is 99.3 cm³/mol. The number of nitrogens with one attached hydrogen (secondary N) is 1. The van der Waals surface area contributed by atoms with E-state index < -0.39 is 0 Å². The summed E-state index contributed by atoms with van der Waals surface area (Å²) in [6.07, 6.45) is 3.23. The molecule has 2 aromatic carbocycles. The molecule has 0 aromatic heterocycles. The minimum absolute atomic E-state index is 0.0740. The van der Waals surface area contributed by atoms with Crippen LogP contribution in [-0.2, 0) is 4.79 Å². The summed E-state index contributed by atoms with van der Waals surface area (Å²) in [7, 11) is 3.18. The van der Waals surface area contributed by atoms with Crippen LogP contribution in [0, 0.1) is 0 Å². The fourth-order valence-electron chi connectivity index (χ4n) is 2.19. The van der Waals surface area contributed by atoms with Gasteiger partial charge in [0.2, 0.25) is 5.91 Å². The third-order valence-electron chi connectivity index (χ3n) is 3.53. The highest BCUT2D eigenvalue weighted by atomic mass is 79.9. The zero-order valence-electron chi connectivity index (χ0n) is 13.9. The van der Waals surface area contributed by atoms with Crippen LogP contribution in [0.25, 0.3) is 6.08 Å². The lowest BCUT2D eigenvalue weighted by Crippen LogP contribution is -2.24.